The summed E-state index contributed by atoms with van der Waals surface area (Å²) >= 11 is 0. The lowest BCUT2D eigenvalue weighted by Gasteiger charge is -2.10. The second kappa shape index (κ2) is 9.53. The standard InChI is InChI=1S/C21H21FN2O2/c22-19-9-7-17(8-10-19)16-26-20-5-3-4-18(14-20)15-23-12-13-25-21-6-1-2-11-24-21/h1-11,14,23H,12-13,15-16H2. The van der Waals surface area contributed by atoms with Gasteiger partial charge in [0.25, 0.3) is 0 Å². The van der Waals surface area contributed by atoms with Crippen molar-refractivity contribution in [1.29, 1.82) is 0 Å². The molecule has 26 heavy (non-hydrogen) atoms. The predicted molar refractivity (Wildman–Crippen MR) is 98.6 cm³/mol. The average molecular weight is 352 g/mol. The molecule has 4 nitrogen and oxygen atoms in total. The Labute approximate surface area is 152 Å². The number of nitrogens with zero attached hydrogens (tertiary/aromatic N) is 1. The molecule has 1 aromatic heterocycles. The minimum absolute atomic E-state index is 0.242. The maximum atomic E-state index is 12.9. The van der Waals surface area contributed by atoms with Crippen molar-refractivity contribution >= 4 is 0 Å². The number of aromatic nitrogens is 1. The molecule has 0 spiro atoms. The van der Waals surface area contributed by atoms with Crippen LogP contribution < -0.4 is 14.8 Å². The van der Waals surface area contributed by atoms with Gasteiger partial charge in [-0.3, -0.25) is 0 Å². The summed E-state index contributed by atoms with van der Waals surface area (Å²) in [6, 6.07) is 19.8. The number of benzene rings is 2. The second-order valence-corrected chi connectivity index (χ2v) is 5.76. The molecule has 0 radical (unpaired) electrons. The summed E-state index contributed by atoms with van der Waals surface area (Å²) in [7, 11) is 0. The fourth-order valence-corrected chi connectivity index (χ4v) is 2.39. The molecule has 0 saturated carbocycles. The number of nitrogens with one attached hydrogen (secondary N) is 1. The Hall–Kier alpha value is -2.92. The van der Waals surface area contributed by atoms with Crippen molar-refractivity contribution in [2.45, 2.75) is 13.2 Å². The zero-order valence-corrected chi connectivity index (χ0v) is 14.4. The molecule has 0 amide bonds. The van der Waals surface area contributed by atoms with Crippen molar-refractivity contribution < 1.29 is 13.9 Å². The molecule has 3 rings (SSSR count). The lowest BCUT2D eigenvalue weighted by molar-refractivity contribution is 0.301. The van der Waals surface area contributed by atoms with Crippen LogP contribution in [0.5, 0.6) is 11.6 Å². The minimum atomic E-state index is -0.242. The summed E-state index contributed by atoms with van der Waals surface area (Å²) in [5.74, 6) is 1.18. The molecule has 3 aromatic rings. The van der Waals surface area contributed by atoms with E-state index in [1.807, 2.05) is 42.5 Å². The van der Waals surface area contributed by atoms with E-state index in [1.54, 1.807) is 18.3 Å². The van der Waals surface area contributed by atoms with Gasteiger partial charge in [0.1, 0.15) is 24.8 Å². The first-order valence-electron chi connectivity index (χ1n) is 8.50. The first-order valence-corrected chi connectivity index (χ1v) is 8.50. The van der Waals surface area contributed by atoms with Crippen LogP contribution in [0.1, 0.15) is 11.1 Å². The molecule has 0 aliphatic rings. The van der Waals surface area contributed by atoms with Gasteiger partial charge in [-0.2, -0.15) is 0 Å². The molecule has 0 saturated heterocycles. The lowest BCUT2D eigenvalue weighted by atomic mass is 10.2. The Morgan fingerprint density at radius 3 is 2.58 bits per heavy atom. The van der Waals surface area contributed by atoms with Gasteiger partial charge >= 0.3 is 0 Å². The van der Waals surface area contributed by atoms with E-state index in [0.717, 1.165) is 30.0 Å². The molecule has 0 aliphatic heterocycles. The van der Waals surface area contributed by atoms with Crippen LogP contribution in [0.3, 0.4) is 0 Å². The highest BCUT2D eigenvalue weighted by Gasteiger charge is 2.00. The third kappa shape index (κ3) is 5.86. The molecule has 0 bridgehead atoms. The molecule has 0 unspecified atom stereocenters. The minimum Gasteiger partial charge on any atom is -0.489 e. The maximum absolute atomic E-state index is 12.9. The van der Waals surface area contributed by atoms with E-state index in [1.165, 1.54) is 12.1 Å². The van der Waals surface area contributed by atoms with Gasteiger partial charge in [0.2, 0.25) is 5.88 Å². The van der Waals surface area contributed by atoms with Gasteiger partial charge in [-0.1, -0.05) is 30.3 Å². The topological polar surface area (TPSA) is 43.4 Å². The molecule has 0 fully saturated rings. The zero-order chi connectivity index (χ0) is 18.0. The van der Waals surface area contributed by atoms with Gasteiger partial charge in [0, 0.05) is 25.4 Å². The van der Waals surface area contributed by atoms with Crippen LogP contribution in [0.15, 0.2) is 72.9 Å². The average Bonchev–Trinajstić information content (AvgIpc) is 2.68. The highest BCUT2D eigenvalue weighted by Crippen LogP contribution is 2.15. The summed E-state index contributed by atoms with van der Waals surface area (Å²) in [5.41, 5.74) is 2.06. The van der Waals surface area contributed by atoms with Crippen molar-refractivity contribution in [3.63, 3.8) is 0 Å². The monoisotopic (exact) mass is 352 g/mol. The number of hydrogen-bond donors (Lipinski definition) is 1. The van der Waals surface area contributed by atoms with E-state index in [2.05, 4.69) is 10.3 Å². The maximum Gasteiger partial charge on any atom is 0.213 e. The van der Waals surface area contributed by atoms with E-state index >= 15 is 0 Å². The summed E-state index contributed by atoms with van der Waals surface area (Å²) in [4.78, 5) is 4.11. The van der Waals surface area contributed by atoms with Crippen LogP contribution in [0.25, 0.3) is 0 Å². The Kier molecular flexibility index (Phi) is 6.56. The largest absolute Gasteiger partial charge is 0.489 e. The van der Waals surface area contributed by atoms with Crippen LogP contribution in [0, 0.1) is 5.82 Å². The SMILES string of the molecule is Fc1ccc(COc2cccc(CNCCOc3ccccn3)c2)cc1. The Balaban J connectivity index is 1.40. The third-order valence-corrected chi connectivity index (χ3v) is 3.71. The number of rotatable bonds is 9. The van der Waals surface area contributed by atoms with Crippen LogP contribution in [-0.2, 0) is 13.2 Å². The van der Waals surface area contributed by atoms with Crippen molar-refractivity contribution in [2.24, 2.45) is 0 Å². The van der Waals surface area contributed by atoms with E-state index in [4.69, 9.17) is 9.47 Å². The van der Waals surface area contributed by atoms with Gasteiger partial charge in [0.05, 0.1) is 0 Å². The summed E-state index contributed by atoms with van der Waals surface area (Å²) in [5, 5.41) is 3.33. The van der Waals surface area contributed by atoms with E-state index in [0.29, 0.717) is 19.1 Å². The first-order chi connectivity index (χ1) is 12.8. The summed E-state index contributed by atoms with van der Waals surface area (Å²) in [6.45, 7) is 2.41. The fourth-order valence-electron chi connectivity index (χ4n) is 2.39. The summed E-state index contributed by atoms with van der Waals surface area (Å²) in [6.07, 6.45) is 1.71. The van der Waals surface area contributed by atoms with Crippen LogP contribution in [0.4, 0.5) is 4.39 Å². The smallest absolute Gasteiger partial charge is 0.213 e. The summed E-state index contributed by atoms with van der Waals surface area (Å²) < 4.78 is 24.2. The predicted octanol–water partition coefficient (Wildman–Crippen LogP) is 3.97. The van der Waals surface area contributed by atoms with E-state index in [-0.39, 0.29) is 5.82 Å². The highest BCUT2D eigenvalue weighted by molar-refractivity contribution is 5.29. The Morgan fingerprint density at radius 2 is 1.77 bits per heavy atom. The fraction of sp³-hybridized carbons (Fsp3) is 0.190. The number of hydrogen-bond acceptors (Lipinski definition) is 4. The van der Waals surface area contributed by atoms with E-state index in [9.17, 15) is 4.39 Å². The van der Waals surface area contributed by atoms with Crippen LogP contribution >= 0.6 is 0 Å². The normalized spacial score (nSPS) is 10.5. The number of pyridine rings is 1. The highest BCUT2D eigenvalue weighted by atomic mass is 19.1. The van der Waals surface area contributed by atoms with Crippen molar-refractivity contribution in [2.75, 3.05) is 13.2 Å². The van der Waals surface area contributed by atoms with Gasteiger partial charge in [-0.25, -0.2) is 9.37 Å². The molecule has 1 heterocycles. The van der Waals surface area contributed by atoms with Gasteiger partial charge in [-0.15, -0.1) is 0 Å². The molecule has 134 valence electrons. The Bertz CT molecular complexity index is 795. The molecule has 0 atom stereocenters. The van der Waals surface area contributed by atoms with Gasteiger partial charge in [0.15, 0.2) is 0 Å². The molecule has 5 heteroatoms. The van der Waals surface area contributed by atoms with Crippen LogP contribution in [0.2, 0.25) is 0 Å². The lowest BCUT2D eigenvalue weighted by Crippen LogP contribution is -2.20. The molecule has 0 aliphatic carbocycles. The molecule has 1 N–H and O–H groups in total. The zero-order valence-electron chi connectivity index (χ0n) is 14.4. The first kappa shape index (κ1) is 17.9. The number of ether oxygens (including phenoxy) is 2. The third-order valence-electron chi connectivity index (χ3n) is 3.71. The van der Waals surface area contributed by atoms with Gasteiger partial charge in [-0.05, 0) is 41.5 Å². The second-order valence-electron chi connectivity index (χ2n) is 5.76. The molecular formula is C21H21FN2O2. The van der Waals surface area contributed by atoms with Crippen LogP contribution in [-0.4, -0.2) is 18.1 Å². The van der Waals surface area contributed by atoms with Crippen molar-refractivity contribution in [1.82, 2.24) is 10.3 Å². The molecule has 2 aromatic carbocycles. The van der Waals surface area contributed by atoms with E-state index < -0.39 is 0 Å². The molecular weight excluding hydrogens is 331 g/mol. The van der Waals surface area contributed by atoms with Crippen molar-refractivity contribution in [3.8, 4) is 11.6 Å². The van der Waals surface area contributed by atoms with Gasteiger partial charge < -0.3 is 14.8 Å². The Morgan fingerprint density at radius 1 is 0.885 bits per heavy atom. The number of halogens is 1. The quantitative estimate of drug-likeness (QED) is 0.592. The van der Waals surface area contributed by atoms with Crippen molar-refractivity contribution in [3.05, 3.63) is 89.9 Å².